The highest BCUT2D eigenvalue weighted by Crippen LogP contribution is 2.43. The third-order valence-electron chi connectivity index (χ3n) is 0.702. The van der Waals surface area contributed by atoms with Crippen molar-refractivity contribution in [3.8, 4) is 0 Å². The topological polar surface area (TPSA) is 81.8 Å². The van der Waals surface area contributed by atoms with Crippen molar-refractivity contribution >= 4 is 19.4 Å². The van der Waals surface area contributed by atoms with Gasteiger partial charge in [0.05, 0.1) is 0 Å². The zero-order chi connectivity index (χ0) is 8.20. The number of phosphoric ester groups is 1. The van der Waals surface area contributed by atoms with Gasteiger partial charge in [0.15, 0.2) is 0 Å². The molecule has 0 rings (SSSR count). The van der Waals surface area contributed by atoms with Crippen LogP contribution >= 0.6 is 19.4 Å². The molecule has 7 heteroatoms. The Morgan fingerprint density at radius 3 is 2.70 bits per heavy atom. The molecule has 0 amide bonds. The van der Waals surface area contributed by atoms with Crippen LogP contribution in [-0.4, -0.2) is 10.5 Å². The minimum Gasteiger partial charge on any atom is -0.301 e. The number of halogens is 1. The molecule has 0 aliphatic heterocycles. The molecule has 10 heavy (non-hydrogen) atoms. The molecule has 0 saturated heterocycles. The van der Waals surface area contributed by atoms with Gasteiger partial charge < -0.3 is 4.89 Å². The van der Waals surface area contributed by atoms with E-state index in [0.717, 1.165) is 0 Å². The van der Waals surface area contributed by atoms with Crippen LogP contribution in [0.5, 0.6) is 0 Å². The Kier molecular flexibility index (Phi) is 4.44. The molecule has 3 N–H and O–H groups in total. The molecule has 0 aromatic heterocycles. The van der Waals surface area contributed by atoms with E-state index in [1.165, 1.54) is 0 Å². The Morgan fingerprint density at radius 2 is 2.40 bits per heavy atom. The van der Waals surface area contributed by atoms with Crippen molar-refractivity contribution in [1.82, 2.24) is 0 Å². The van der Waals surface area contributed by atoms with Gasteiger partial charge in [-0.1, -0.05) is 18.5 Å². The van der Waals surface area contributed by atoms with Crippen molar-refractivity contribution in [2.24, 2.45) is 5.90 Å². The van der Waals surface area contributed by atoms with E-state index < -0.39 is 13.4 Å². The highest BCUT2D eigenvalue weighted by atomic mass is 35.5. The first kappa shape index (κ1) is 10.4. The van der Waals surface area contributed by atoms with Crippen LogP contribution in [0.1, 0.15) is 13.3 Å². The molecule has 0 radical (unpaired) electrons. The van der Waals surface area contributed by atoms with Gasteiger partial charge in [-0.3, -0.25) is 4.52 Å². The highest BCUT2D eigenvalue weighted by Gasteiger charge is 2.23. The first-order valence-corrected chi connectivity index (χ1v) is 4.48. The van der Waals surface area contributed by atoms with Crippen molar-refractivity contribution in [3.63, 3.8) is 0 Å². The second kappa shape index (κ2) is 4.28. The van der Waals surface area contributed by atoms with E-state index in [2.05, 4.69) is 15.0 Å². The SMILES string of the molecule is CCC(Cl)OP(=O)(O)ON. The summed E-state index contributed by atoms with van der Waals surface area (Å²) >= 11 is 5.34. The monoisotopic (exact) mass is 189 g/mol. The van der Waals surface area contributed by atoms with Gasteiger partial charge in [0, 0.05) is 0 Å². The maximum absolute atomic E-state index is 10.5. The fourth-order valence-corrected chi connectivity index (χ4v) is 1.03. The Balaban J connectivity index is 3.77. The van der Waals surface area contributed by atoms with Crippen LogP contribution < -0.4 is 5.90 Å². The summed E-state index contributed by atoms with van der Waals surface area (Å²) in [6, 6.07) is 0. The molecule has 0 saturated carbocycles. The molecule has 0 aromatic carbocycles. The third kappa shape index (κ3) is 4.22. The third-order valence-corrected chi connectivity index (χ3v) is 2.01. The van der Waals surface area contributed by atoms with E-state index in [9.17, 15) is 4.57 Å². The normalized spacial score (nSPS) is 20.0. The van der Waals surface area contributed by atoms with Crippen LogP contribution in [0.25, 0.3) is 0 Å². The van der Waals surface area contributed by atoms with Crippen molar-refractivity contribution < 1.29 is 18.6 Å². The van der Waals surface area contributed by atoms with Gasteiger partial charge in [0.1, 0.15) is 5.56 Å². The first-order chi connectivity index (χ1) is 4.52. The standard InChI is InChI=1S/C3H9ClNO4P/c1-2-3(4)8-10(6,7)9-5/h3H,2,5H2,1H3,(H,6,7). The molecule has 0 aromatic rings. The van der Waals surface area contributed by atoms with Crippen molar-refractivity contribution in [1.29, 1.82) is 0 Å². The summed E-state index contributed by atoms with van der Waals surface area (Å²) in [4.78, 5) is 8.53. The largest absolute Gasteiger partial charge is 0.490 e. The summed E-state index contributed by atoms with van der Waals surface area (Å²) in [6.45, 7) is 1.69. The Bertz CT molecular complexity index is 142. The van der Waals surface area contributed by atoms with Crippen LogP contribution in [0.2, 0.25) is 0 Å². The van der Waals surface area contributed by atoms with Crippen molar-refractivity contribution in [3.05, 3.63) is 0 Å². The van der Waals surface area contributed by atoms with E-state index in [1.54, 1.807) is 6.92 Å². The molecule has 0 aliphatic rings. The van der Waals surface area contributed by atoms with E-state index in [-0.39, 0.29) is 0 Å². The summed E-state index contributed by atoms with van der Waals surface area (Å²) in [5.74, 6) is 4.41. The summed E-state index contributed by atoms with van der Waals surface area (Å²) in [7, 11) is -4.10. The van der Waals surface area contributed by atoms with Gasteiger partial charge in [0.25, 0.3) is 0 Å². The molecule has 0 spiro atoms. The zero-order valence-corrected chi connectivity index (χ0v) is 7.01. The van der Waals surface area contributed by atoms with Gasteiger partial charge in [-0.05, 0) is 6.42 Å². The summed E-state index contributed by atoms with van der Waals surface area (Å²) < 4.78 is 18.3. The summed E-state index contributed by atoms with van der Waals surface area (Å²) in [5.41, 5.74) is -0.848. The van der Waals surface area contributed by atoms with Crippen LogP contribution in [-0.2, 0) is 13.7 Å². The minimum absolute atomic E-state index is 0.398. The number of alkyl halides is 1. The number of hydrogen-bond donors (Lipinski definition) is 2. The molecule has 2 atom stereocenters. The quantitative estimate of drug-likeness (QED) is 0.391. The number of phosphoric acid groups is 1. The first-order valence-electron chi connectivity index (χ1n) is 2.55. The predicted octanol–water partition coefficient (Wildman–Crippen LogP) is 0.969. The molecular weight excluding hydrogens is 180 g/mol. The van der Waals surface area contributed by atoms with Gasteiger partial charge in [-0.25, -0.2) is 15.1 Å². The second-order valence-corrected chi connectivity index (χ2v) is 3.34. The molecule has 2 unspecified atom stereocenters. The lowest BCUT2D eigenvalue weighted by atomic mass is 10.5. The summed E-state index contributed by atoms with van der Waals surface area (Å²) in [5, 5.41) is 0. The molecule has 0 aliphatic carbocycles. The van der Waals surface area contributed by atoms with Crippen LogP contribution in [0.15, 0.2) is 0 Å². The van der Waals surface area contributed by atoms with E-state index in [1.807, 2.05) is 0 Å². The molecular formula is C3H9ClNO4P. The molecule has 62 valence electrons. The van der Waals surface area contributed by atoms with Crippen LogP contribution in [0.4, 0.5) is 0 Å². The van der Waals surface area contributed by atoms with E-state index in [0.29, 0.717) is 6.42 Å². The average Bonchev–Trinajstić information content (AvgIpc) is 1.87. The fraction of sp³-hybridized carbons (Fsp3) is 1.00. The lowest BCUT2D eigenvalue weighted by molar-refractivity contribution is 0.136. The maximum Gasteiger partial charge on any atom is 0.490 e. The molecule has 0 heterocycles. The Hall–Kier alpha value is 0.360. The minimum atomic E-state index is -4.10. The smallest absolute Gasteiger partial charge is 0.301 e. The van der Waals surface area contributed by atoms with Gasteiger partial charge in [-0.2, -0.15) is 0 Å². The fourth-order valence-electron chi connectivity index (χ4n) is 0.244. The van der Waals surface area contributed by atoms with Gasteiger partial charge in [-0.15, -0.1) is 0 Å². The summed E-state index contributed by atoms with van der Waals surface area (Å²) in [6.07, 6.45) is 0.398. The van der Waals surface area contributed by atoms with Gasteiger partial charge in [0.2, 0.25) is 0 Å². The maximum atomic E-state index is 10.5. The van der Waals surface area contributed by atoms with Crippen LogP contribution in [0, 0.1) is 0 Å². The second-order valence-electron chi connectivity index (χ2n) is 1.50. The Morgan fingerprint density at radius 1 is 1.90 bits per heavy atom. The van der Waals surface area contributed by atoms with Crippen molar-refractivity contribution in [2.75, 3.05) is 0 Å². The van der Waals surface area contributed by atoms with Crippen LogP contribution in [0.3, 0.4) is 0 Å². The zero-order valence-electron chi connectivity index (χ0n) is 5.36. The number of hydrogen-bond acceptors (Lipinski definition) is 4. The number of rotatable bonds is 4. The predicted molar refractivity (Wildman–Crippen MR) is 36.1 cm³/mol. The lowest BCUT2D eigenvalue weighted by Gasteiger charge is -2.10. The van der Waals surface area contributed by atoms with E-state index >= 15 is 0 Å². The number of nitrogens with two attached hydrogens (primary N) is 1. The Labute approximate surface area is 63.6 Å². The average molecular weight is 190 g/mol. The molecule has 0 fully saturated rings. The lowest BCUT2D eigenvalue weighted by Crippen LogP contribution is -2.06. The highest BCUT2D eigenvalue weighted by molar-refractivity contribution is 7.47. The van der Waals surface area contributed by atoms with E-state index in [4.69, 9.17) is 16.5 Å². The molecule has 0 bridgehead atoms. The van der Waals surface area contributed by atoms with Crippen molar-refractivity contribution in [2.45, 2.75) is 18.9 Å². The van der Waals surface area contributed by atoms with Gasteiger partial charge >= 0.3 is 7.82 Å². The molecule has 5 nitrogen and oxygen atoms in total.